The quantitative estimate of drug-likeness (QED) is 0.865. The molecular weight excluding hydrogens is 260 g/mol. The Hall–Kier alpha value is -1.95. The van der Waals surface area contributed by atoms with Crippen LogP contribution in [-0.4, -0.2) is 20.5 Å². The summed E-state index contributed by atoms with van der Waals surface area (Å²) in [7, 11) is 0. The van der Waals surface area contributed by atoms with E-state index in [1.165, 1.54) is 6.33 Å². The minimum absolute atomic E-state index is 0.110. The third-order valence-corrected chi connectivity index (χ3v) is 4.55. The number of carbonyl (C=O) groups excluding carboxylic acids is 1. The molecule has 1 aliphatic carbocycles. The lowest BCUT2D eigenvalue weighted by Crippen LogP contribution is -2.31. The van der Waals surface area contributed by atoms with E-state index < -0.39 is 0 Å². The zero-order valence-corrected chi connectivity index (χ0v) is 11.0. The van der Waals surface area contributed by atoms with Gasteiger partial charge in [-0.05, 0) is 24.3 Å². The number of fused-ring (bicyclic) bond motifs is 1. The van der Waals surface area contributed by atoms with Crippen molar-refractivity contribution in [3.8, 4) is 0 Å². The van der Waals surface area contributed by atoms with Crippen LogP contribution >= 0.6 is 11.3 Å². The largest absolute Gasteiger partial charge is 0.328 e. The molecule has 1 aliphatic heterocycles. The molecule has 2 aromatic heterocycles. The SMILES string of the molecule is O=C1CCCC2=C1[C@@H](c1cccs1)n1ncnc1N2. The number of allylic oxidation sites excluding steroid dienone is 2. The monoisotopic (exact) mass is 272 g/mol. The first kappa shape index (κ1) is 10.9. The van der Waals surface area contributed by atoms with Gasteiger partial charge in [0.25, 0.3) is 0 Å². The van der Waals surface area contributed by atoms with Gasteiger partial charge >= 0.3 is 0 Å². The number of aromatic nitrogens is 3. The lowest BCUT2D eigenvalue weighted by atomic mass is 9.88. The van der Waals surface area contributed by atoms with Crippen LogP contribution in [0.15, 0.2) is 35.1 Å². The fraction of sp³-hybridized carbons (Fsp3) is 0.308. The van der Waals surface area contributed by atoms with Gasteiger partial charge in [-0.1, -0.05) is 6.07 Å². The molecule has 3 heterocycles. The van der Waals surface area contributed by atoms with Crippen molar-refractivity contribution in [1.29, 1.82) is 0 Å². The summed E-state index contributed by atoms with van der Waals surface area (Å²) in [6, 6.07) is 3.95. The number of hydrogen-bond donors (Lipinski definition) is 1. The van der Waals surface area contributed by atoms with Gasteiger partial charge in [-0.3, -0.25) is 4.79 Å². The predicted molar refractivity (Wildman–Crippen MR) is 72.0 cm³/mol. The van der Waals surface area contributed by atoms with Crippen LogP contribution in [0.25, 0.3) is 0 Å². The van der Waals surface area contributed by atoms with Gasteiger partial charge in [0.1, 0.15) is 12.4 Å². The van der Waals surface area contributed by atoms with Crippen LogP contribution in [0, 0.1) is 0 Å². The van der Waals surface area contributed by atoms with E-state index in [9.17, 15) is 4.79 Å². The number of Topliss-reactive ketones (excluding diaryl/α,β-unsaturated/α-hetero) is 1. The molecule has 0 saturated carbocycles. The molecule has 0 aromatic carbocycles. The summed E-state index contributed by atoms with van der Waals surface area (Å²) in [6.07, 6.45) is 3.99. The Bertz CT molecular complexity index is 671. The molecule has 1 atom stereocenters. The van der Waals surface area contributed by atoms with E-state index in [0.29, 0.717) is 6.42 Å². The highest BCUT2D eigenvalue weighted by atomic mass is 32.1. The van der Waals surface area contributed by atoms with E-state index in [-0.39, 0.29) is 11.8 Å². The third kappa shape index (κ3) is 1.56. The fourth-order valence-corrected chi connectivity index (χ4v) is 3.62. The third-order valence-electron chi connectivity index (χ3n) is 3.62. The lowest BCUT2D eigenvalue weighted by Gasteiger charge is -2.31. The second kappa shape index (κ2) is 4.03. The van der Waals surface area contributed by atoms with Crippen molar-refractivity contribution in [1.82, 2.24) is 14.8 Å². The maximum absolute atomic E-state index is 12.3. The van der Waals surface area contributed by atoms with Crippen LogP contribution in [0.3, 0.4) is 0 Å². The molecule has 2 aliphatic rings. The number of anilines is 1. The summed E-state index contributed by atoms with van der Waals surface area (Å²) in [5.74, 6) is 0.958. The molecule has 2 aromatic rings. The van der Waals surface area contributed by atoms with Crippen LogP contribution < -0.4 is 5.32 Å². The summed E-state index contributed by atoms with van der Waals surface area (Å²) in [4.78, 5) is 17.7. The number of nitrogens with one attached hydrogen (secondary N) is 1. The zero-order chi connectivity index (χ0) is 12.8. The van der Waals surface area contributed by atoms with Crippen molar-refractivity contribution < 1.29 is 4.79 Å². The topological polar surface area (TPSA) is 59.8 Å². The van der Waals surface area contributed by atoms with E-state index >= 15 is 0 Å². The summed E-state index contributed by atoms with van der Waals surface area (Å²) in [6.45, 7) is 0. The van der Waals surface area contributed by atoms with Crippen molar-refractivity contribution in [2.75, 3.05) is 5.32 Å². The molecule has 0 bridgehead atoms. The predicted octanol–water partition coefficient (Wildman–Crippen LogP) is 2.36. The van der Waals surface area contributed by atoms with Crippen LogP contribution in [0.2, 0.25) is 0 Å². The molecule has 96 valence electrons. The molecule has 5 nitrogen and oxygen atoms in total. The van der Waals surface area contributed by atoms with Crippen molar-refractivity contribution in [3.05, 3.63) is 40.0 Å². The maximum atomic E-state index is 12.3. The molecule has 19 heavy (non-hydrogen) atoms. The standard InChI is InChI=1S/C13H12N4OS/c18-9-4-1-3-8-11(9)12(10-5-2-6-19-10)17-13(16-8)14-7-15-17/h2,5-7,12H,1,3-4H2,(H,14,15,16)/t12-/m1/s1. The summed E-state index contributed by atoms with van der Waals surface area (Å²) in [5.41, 5.74) is 1.89. The van der Waals surface area contributed by atoms with Crippen molar-refractivity contribution in [2.24, 2.45) is 0 Å². The highest BCUT2D eigenvalue weighted by Gasteiger charge is 2.36. The van der Waals surface area contributed by atoms with Gasteiger partial charge in [-0.2, -0.15) is 10.1 Å². The zero-order valence-electron chi connectivity index (χ0n) is 10.2. The summed E-state index contributed by atoms with van der Waals surface area (Å²) < 4.78 is 1.81. The Kier molecular flexibility index (Phi) is 2.32. The number of thiophene rings is 1. The van der Waals surface area contributed by atoms with Gasteiger partial charge in [0, 0.05) is 22.6 Å². The number of ketones is 1. The van der Waals surface area contributed by atoms with Crippen LogP contribution in [0.4, 0.5) is 5.95 Å². The van der Waals surface area contributed by atoms with Crippen molar-refractivity contribution in [3.63, 3.8) is 0 Å². The van der Waals surface area contributed by atoms with Crippen LogP contribution in [0.1, 0.15) is 30.2 Å². The fourth-order valence-electron chi connectivity index (χ4n) is 2.81. The van der Waals surface area contributed by atoms with E-state index in [2.05, 4.69) is 21.5 Å². The molecule has 0 radical (unpaired) electrons. The molecule has 0 spiro atoms. The van der Waals surface area contributed by atoms with Gasteiger partial charge < -0.3 is 5.32 Å². The summed E-state index contributed by atoms with van der Waals surface area (Å²) in [5, 5.41) is 9.57. The minimum atomic E-state index is -0.110. The van der Waals surface area contributed by atoms with E-state index in [1.807, 2.05) is 16.1 Å². The smallest absolute Gasteiger partial charge is 0.226 e. The Morgan fingerprint density at radius 1 is 1.42 bits per heavy atom. The molecule has 0 saturated heterocycles. The van der Waals surface area contributed by atoms with Crippen molar-refractivity contribution in [2.45, 2.75) is 25.3 Å². The van der Waals surface area contributed by atoms with Gasteiger partial charge in [-0.25, -0.2) is 4.68 Å². The maximum Gasteiger partial charge on any atom is 0.226 e. The molecule has 0 fully saturated rings. The Morgan fingerprint density at radius 2 is 2.37 bits per heavy atom. The van der Waals surface area contributed by atoms with Crippen LogP contribution in [0.5, 0.6) is 0 Å². The van der Waals surface area contributed by atoms with E-state index in [0.717, 1.165) is 34.9 Å². The van der Waals surface area contributed by atoms with Crippen LogP contribution in [-0.2, 0) is 4.79 Å². The first-order valence-electron chi connectivity index (χ1n) is 6.31. The molecule has 1 N–H and O–H groups in total. The molecule has 4 rings (SSSR count). The van der Waals surface area contributed by atoms with Gasteiger partial charge in [0.05, 0.1) is 0 Å². The minimum Gasteiger partial charge on any atom is -0.328 e. The Labute approximate surface area is 114 Å². The average Bonchev–Trinajstić information content (AvgIpc) is 3.07. The normalized spacial score (nSPS) is 21.9. The number of carbonyl (C=O) groups is 1. The second-order valence-electron chi connectivity index (χ2n) is 4.74. The number of hydrogen-bond acceptors (Lipinski definition) is 5. The van der Waals surface area contributed by atoms with Gasteiger partial charge in [0.15, 0.2) is 5.78 Å². The molecule has 0 unspecified atom stereocenters. The Morgan fingerprint density at radius 3 is 3.21 bits per heavy atom. The van der Waals surface area contributed by atoms with Gasteiger partial charge in [-0.15, -0.1) is 11.3 Å². The van der Waals surface area contributed by atoms with Crippen molar-refractivity contribution >= 4 is 23.1 Å². The summed E-state index contributed by atoms with van der Waals surface area (Å²) >= 11 is 1.65. The molecular formula is C13H12N4OS. The first-order chi connectivity index (χ1) is 9.34. The first-order valence-corrected chi connectivity index (χ1v) is 7.19. The van der Waals surface area contributed by atoms with Gasteiger partial charge in [0.2, 0.25) is 5.95 Å². The lowest BCUT2D eigenvalue weighted by molar-refractivity contribution is -0.116. The van der Waals surface area contributed by atoms with E-state index in [1.54, 1.807) is 11.3 Å². The second-order valence-corrected chi connectivity index (χ2v) is 5.72. The molecule has 6 heteroatoms. The highest BCUT2D eigenvalue weighted by Crippen LogP contribution is 2.40. The average molecular weight is 272 g/mol. The molecule has 0 amide bonds. The Balaban J connectivity index is 1.93. The highest BCUT2D eigenvalue weighted by molar-refractivity contribution is 7.10. The number of rotatable bonds is 1. The number of nitrogens with zero attached hydrogens (tertiary/aromatic N) is 3. The van der Waals surface area contributed by atoms with E-state index in [4.69, 9.17) is 0 Å².